The first-order chi connectivity index (χ1) is 5.05. The van der Waals surface area contributed by atoms with E-state index in [1.165, 1.54) is 19.4 Å². The molecule has 0 bridgehead atoms. The van der Waals surface area contributed by atoms with Gasteiger partial charge in [-0.05, 0) is 40.2 Å². The number of rotatable bonds is 1. The molecular weight excluding hydrogens is 136 g/mol. The third kappa shape index (κ3) is 1.94. The van der Waals surface area contributed by atoms with Crippen LogP contribution in [0.2, 0.25) is 0 Å². The minimum absolute atomic E-state index is 0.306. The topological polar surface area (TPSA) is 29.3 Å². The third-order valence-corrected chi connectivity index (χ3v) is 2.51. The van der Waals surface area contributed by atoms with Crippen LogP contribution in [0.4, 0.5) is 0 Å². The highest BCUT2D eigenvalue weighted by Crippen LogP contribution is 2.25. The van der Waals surface area contributed by atoms with Crippen molar-refractivity contribution in [1.29, 1.82) is 0 Å². The van der Waals surface area contributed by atoms with Gasteiger partial charge in [0.2, 0.25) is 0 Å². The van der Waals surface area contributed by atoms with Gasteiger partial charge in [0.1, 0.15) is 0 Å². The zero-order valence-electron chi connectivity index (χ0n) is 7.93. The number of hydrogen-bond donors (Lipinski definition) is 1. The molecule has 1 fully saturated rings. The van der Waals surface area contributed by atoms with Crippen LogP contribution in [0.5, 0.6) is 0 Å². The van der Waals surface area contributed by atoms with Crippen molar-refractivity contribution in [3.63, 3.8) is 0 Å². The first kappa shape index (κ1) is 9.01. The van der Waals surface area contributed by atoms with Gasteiger partial charge in [0.25, 0.3) is 0 Å². The van der Waals surface area contributed by atoms with Crippen molar-refractivity contribution in [1.82, 2.24) is 4.90 Å². The van der Waals surface area contributed by atoms with Gasteiger partial charge >= 0.3 is 0 Å². The monoisotopic (exact) mass is 156 g/mol. The van der Waals surface area contributed by atoms with E-state index < -0.39 is 0 Å². The summed E-state index contributed by atoms with van der Waals surface area (Å²) in [5, 5.41) is 0. The molecule has 1 atom stereocenters. The van der Waals surface area contributed by atoms with E-state index in [1.807, 2.05) is 0 Å². The number of nitrogens with zero attached hydrogens (tertiary/aromatic N) is 1. The maximum absolute atomic E-state index is 5.68. The Morgan fingerprint density at radius 3 is 2.45 bits per heavy atom. The molecule has 2 heteroatoms. The second-order valence-corrected chi connectivity index (χ2v) is 4.40. The summed E-state index contributed by atoms with van der Waals surface area (Å²) >= 11 is 0. The minimum Gasteiger partial charge on any atom is -0.329 e. The lowest BCUT2D eigenvalue weighted by Crippen LogP contribution is -2.47. The molecular formula is C9H20N2. The van der Waals surface area contributed by atoms with Crippen molar-refractivity contribution in [3.05, 3.63) is 0 Å². The third-order valence-electron chi connectivity index (χ3n) is 2.51. The molecule has 1 aliphatic rings. The highest BCUT2D eigenvalue weighted by molar-refractivity contribution is 4.88. The van der Waals surface area contributed by atoms with E-state index in [0.29, 0.717) is 11.6 Å². The highest BCUT2D eigenvalue weighted by Gasteiger charge is 2.31. The van der Waals surface area contributed by atoms with E-state index in [0.717, 1.165) is 6.54 Å². The standard InChI is InChI=1S/C9H20N2/c1-9(2,3)11-6-4-5-8(11)7-10/h8H,4-7,10H2,1-3H3/t8-/m0/s1. The smallest absolute Gasteiger partial charge is 0.0224 e. The molecule has 1 saturated heterocycles. The predicted octanol–water partition coefficient (Wildman–Crippen LogP) is 1.21. The molecule has 0 aliphatic carbocycles. The molecule has 0 aromatic rings. The Morgan fingerprint density at radius 2 is 2.09 bits per heavy atom. The van der Waals surface area contributed by atoms with Crippen LogP contribution in [0.1, 0.15) is 33.6 Å². The molecule has 1 aliphatic heterocycles. The summed E-state index contributed by atoms with van der Waals surface area (Å²) in [4.78, 5) is 2.52. The van der Waals surface area contributed by atoms with E-state index >= 15 is 0 Å². The van der Waals surface area contributed by atoms with Crippen LogP contribution in [0.15, 0.2) is 0 Å². The molecule has 11 heavy (non-hydrogen) atoms. The lowest BCUT2D eigenvalue weighted by atomic mass is 10.0. The Hall–Kier alpha value is -0.0800. The molecule has 0 spiro atoms. The fourth-order valence-electron chi connectivity index (χ4n) is 1.96. The average molecular weight is 156 g/mol. The quantitative estimate of drug-likeness (QED) is 0.618. The first-order valence-corrected chi connectivity index (χ1v) is 4.52. The zero-order valence-corrected chi connectivity index (χ0v) is 7.93. The molecule has 0 radical (unpaired) electrons. The summed E-state index contributed by atoms with van der Waals surface area (Å²) in [6.07, 6.45) is 2.60. The van der Waals surface area contributed by atoms with Gasteiger partial charge in [0.15, 0.2) is 0 Å². The lowest BCUT2D eigenvalue weighted by Gasteiger charge is -2.36. The molecule has 66 valence electrons. The second-order valence-electron chi connectivity index (χ2n) is 4.40. The van der Waals surface area contributed by atoms with Crippen LogP contribution >= 0.6 is 0 Å². The van der Waals surface area contributed by atoms with Gasteiger partial charge in [-0.3, -0.25) is 4.90 Å². The molecule has 0 unspecified atom stereocenters. The Morgan fingerprint density at radius 1 is 1.45 bits per heavy atom. The van der Waals surface area contributed by atoms with E-state index in [1.54, 1.807) is 0 Å². The molecule has 2 N–H and O–H groups in total. The minimum atomic E-state index is 0.306. The number of nitrogens with two attached hydrogens (primary N) is 1. The van der Waals surface area contributed by atoms with Crippen LogP contribution in [0.3, 0.4) is 0 Å². The van der Waals surface area contributed by atoms with Crippen LogP contribution in [-0.4, -0.2) is 29.6 Å². The maximum Gasteiger partial charge on any atom is 0.0224 e. The van der Waals surface area contributed by atoms with Crippen LogP contribution < -0.4 is 5.73 Å². The first-order valence-electron chi connectivity index (χ1n) is 4.52. The lowest BCUT2D eigenvalue weighted by molar-refractivity contribution is 0.125. The normalized spacial score (nSPS) is 27.8. The summed E-state index contributed by atoms with van der Waals surface area (Å²) in [6, 6.07) is 0.634. The summed E-state index contributed by atoms with van der Waals surface area (Å²) in [5.74, 6) is 0. The average Bonchev–Trinajstić information content (AvgIpc) is 2.31. The molecule has 1 heterocycles. The summed E-state index contributed by atoms with van der Waals surface area (Å²) in [6.45, 7) is 8.84. The molecule has 0 aromatic carbocycles. The Bertz CT molecular complexity index is 126. The van der Waals surface area contributed by atoms with Gasteiger partial charge in [-0.25, -0.2) is 0 Å². The van der Waals surface area contributed by atoms with Gasteiger partial charge in [0.05, 0.1) is 0 Å². The molecule has 0 aromatic heterocycles. The number of likely N-dealkylation sites (tertiary alicyclic amines) is 1. The number of hydrogen-bond acceptors (Lipinski definition) is 2. The Balaban J connectivity index is 2.57. The Labute approximate surface area is 69.8 Å². The SMILES string of the molecule is CC(C)(C)N1CCC[C@H]1CN. The summed E-state index contributed by atoms with van der Waals surface area (Å²) < 4.78 is 0. The van der Waals surface area contributed by atoms with Gasteiger partial charge in [-0.2, -0.15) is 0 Å². The van der Waals surface area contributed by atoms with Crippen LogP contribution in [-0.2, 0) is 0 Å². The van der Waals surface area contributed by atoms with E-state index in [-0.39, 0.29) is 0 Å². The predicted molar refractivity (Wildman–Crippen MR) is 48.5 cm³/mol. The fraction of sp³-hybridized carbons (Fsp3) is 1.00. The molecule has 2 nitrogen and oxygen atoms in total. The van der Waals surface area contributed by atoms with Crippen LogP contribution in [0.25, 0.3) is 0 Å². The fourth-order valence-corrected chi connectivity index (χ4v) is 1.96. The van der Waals surface area contributed by atoms with Crippen LogP contribution in [0, 0.1) is 0 Å². The van der Waals surface area contributed by atoms with Crippen molar-refractivity contribution in [2.24, 2.45) is 5.73 Å². The van der Waals surface area contributed by atoms with E-state index in [2.05, 4.69) is 25.7 Å². The summed E-state index contributed by atoms with van der Waals surface area (Å²) in [7, 11) is 0. The second kappa shape index (κ2) is 3.11. The van der Waals surface area contributed by atoms with Crippen molar-refractivity contribution in [3.8, 4) is 0 Å². The van der Waals surface area contributed by atoms with E-state index in [9.17, 15) is 0 Å². The van der Waals surface area contributed by atoms with Crippen molar-refractivity contribution >= 4 is 0 Å². The van der Waals surface area contributed by atoms with Crippen molar-refractivity contribution in [2.45, 2.75) is 45.2 Å². The largest absolute Gasteiger partial charge is 0.329 e. The molecule has 1 rings (SSSR count). The molecule has 0 saturated carbocycles. The van der Waals surface area contributed by atoms with Crippen molar-refractivity contribution < 1.29 is 0 Å². The Kier molecular flexibility index (Phi) is 2.55. The highest BCUT2D eigenvalue weighted by atomic mass is 15.2. The van der Waals surface area contributed by atoms with Gasteiger partial charge < -0.3 is 5.73 Å². The van der Waals surface area contributed by atoms with Crippen molar-refractivity contribution in [2.75, 3.05) is 13.1 Å². The van der Waals surface area contributed by atoms with Gasteiger partial charge in [0, 0.05) is 18.1 Å². The molecule has 0 amide bonds. The van der Waals surface area contributed by atoms with Gasteiger partial charge in [-0.1, -0.05) is 0 Å². The summed E-state index contributed by atoms with van der Waals surface area (Å²) in [5.41, 5.74) is 5.99. The van der Waals surface area contributed by atoms with Gasteiger partial charge in [-0.15, -0.1) is 0 Å². The maximum atomic E-state index is 5.68. The zero-order chi connectivity index (χ0) is 8.48. The van der Waals surface area contributed by atoms with E-state index in [4.69, 9.17) is 5.73 Å².